The number of benzene rings is 2. The van der Waals surface area contributed by atoms with E-state index < -0.39 is 5.37 Å². The van der Waals surface area contributed by atoms with Gasteiger partial charge in [-0.2, -0.15) is 5.10 Å². The van der Waals surface area contributed by atoms with Crippen LogP contribution in [0.1, 0.15) is 15.7 Å². The van der Waals surface area contributed by atoms with Gasteiger partial charge in [-0.15, -0.1) is 5.10 Å². The number of H-pyrrole nitrogens is 1. The van der Waals surface area contributed by atoms with Gasteiger partial charge in [-0.3, -0.25) is 9.89 Å². The molecule has 0 spiro atoms. The normalized spacial score (nSPS) is 12.0. The number of Topliss-reactive ketones (excluding diaryl/α,β-unsaturated/α-hetero) is 1. The standard InChI is InChI=1S/C18H14N6OS/c25-15(13-7-3-1-4-8-13)17(24-12-19-11-20-24)26-18-21-16(22-23-18)14-9-5-2-6-10-14/h1-12,17H,(H,21,22,23). The third-order valence-corrected chi connectivity index (χ3v) is 4.74. The zero-order valence-electron chi connectivity index (χ0n) is 13.6. The molecule has 0 aliphatic rings. The van der Waals surface area contributed by atoms with Gasteiger partial charge in [0.1, 0.15) is 12.7 Å². The Kier molecular flexibility index (Phi) is 4.57. The lowest BCUT2D eigenvalue weighted by molar-refractivity contribution is 0.0962. The summed E-state index contributed by atoms with van der Waals surface area (Å²) in [4.78, 5) is 21.4. The molecule has 4 aromatic rings. The lowest BCUT2D eigenvalue weighted by Gasteiger charge is -2.13. The molecule has 0 aliphatic heterocycles. The molecule has 0 aliphatic carbocycles. The molecule has 2 aromatic carbocycles. The number of nitrogens with zero attached hydrogens (tertiary/aromatic N) is 5. The van der Waals surface area contributed by atoms with Crippen molar-refractivity contribution in [1.29, 1.82) is 0 Å². The Bertz CT molecular complexity index is 985. The third-order valence-electron chi connectivity index (χ3n) is 3.69. The van der Waals surface area contributed by atoms with E-state index in [0.29, 0.717) is 16.5 Å². The van der Waals surface area contributed by atoms with Gasteiger partial charge in [-0.1, -0.05) is 60.7 Å². The Balaban J connectivity index is 1.62. The summed E-state index contributed by atoms with van der Waals surface area (Å²) in [5.74, 6) is 0.560. The van der Waals surface area contributed by atoms with E-state index in [0.717, 1.165) is 5.56 Å². The van der Waals surface area contributed by atoms with Crippen LogP contribution in [0.2, 0.25) is 0 Å². The van der Waals surface area contributed by atoms with Crippen molar-refractivity contribution in [2.45, 2.75) is 10.5 Å². The molecule has 26 heavy (non-hydrogen) atoms. The highest BCUT2D eigenvalue weighted by atomic mass is 32.2. The van der Waals surface area contributed by atoms with E-state index in [-0.39, 0.29) is 5.78 Å². The molecule has 1 atom stereocenters. The number of hydrogen-bond acceptors (Lipinski definition) is 6. The fourth-order valence-electron chi connectivity index (χ4n) is 2.44. The van der Waals surface area contributed by atoms with Gasteiger partial charge < -0.3 is 0 Å². The van der Waals surface area contributed by atoms with Gasteiger partial charge >= 0.3 is 0 Å². The highest BCUT2D eigenvalue weighted by Gasteiger charge is 2.26. The molecule has 7 nitrogen and oxygen atoms in total. The van der Waals surface area contributed by atoms with Crippen LogP contribution in [0.5, 0.6) is 0 Å². The van der Waals surface area contributed by atoms with Crippen molar-refractivity contribution in [2.24, 2.45) is 0 Å². The van der Waals surface area contributed by atoms with Crippen LogP contribution in [0.3, 0.4) is 0 Å². The van der Waals surface area contributed by atoms with Gasteiger partial charge in [0.2, 0.25) is 5.16 Å². The Morgan fingerprint density at radius 2 is 1.77 bits per heavy atom. The quantitative estimate of drug-likeness (QED) is 0.418. The number of rotatable bonds is 6. The summed E-state index contributed by atoms with van der Waals surface area (Å²) in [5.41, 5.74) is 1.53. The first-order valence-electron chi connectivity index (χ1n) is 7.89. The van der Waals surface area contributed by atoms with Crippen molar-refractivity contribution in [1.82, 2.24) is 29.9 Å². The van der Waals surface area contributed by atoms with Crippen LogP contribution in [-0.2, 0) is 0 Å². The van der Waals surface area contributed by atoms with Crippen LogP contribution in [0.15, 0.2) is 78.5 Å². The molecule has 2 heterocycles. The topological polar surface area (TPSA) is 89.4 Å². The molecule has 2 aromatic heterocycles. The predicted octanol–water partition coefficient (Wildman–Crippen LogP) is 3.24. The average molecular weight is 362 g/mol. The van der Waals surface area contributed by atoms with Crippen molar-refractivity contribution < 1.29 is 4.79 Å². The smallest absolute Gasteiger partial charge is 0.211 e. The number of carbonyl (C=O) groups excluding carboxylic acids is 1. The molecule has 0 saturated carbocycles. The number of thioether (sulfide) groups is 1. The van der Waals surface area contributed by atoms with Crippen molar-refractivity contribution in [3.05, 3.63) is 78.9 Å². The predicted molar refractivity (Wildman–Crippen MR) is 97.5 cm³/mol. The van der Waals surface area contributed by atoms with Gasteiger partial charge in [0.15, 0.2) is 17.0 Å². The summed E-state index contributed by atoms with van der Waals surface area (Å²) in [5, 5.41) is 11.1. The Hall–Kier alpha value is -3.26. The molecule has 1 N–H and O–H groups in total. The molecular weight excluding hydrogens is 348 g/mol. The summed E-state index contributed by atoms with van der Waals surface area (Å²) < 4.78 is 1.51. The first-order valence-corrected chi connectivity index (χ1v) is 8.77. The van der Waals surface area contributed by atoms with E-state index in [1.165, 1.54) is 29.1 Å². The van der Waals surface area contributed by atoms with Crippen LogP contribution in [0.4, 0.5) is 0 Å². The van der Waals surface area contributed by atoms with Crippen molar-refractivity contribution in [2.75, 3.05) is 0 Å². The van der Waals surface area contributed by atoms with Crippen molar-refractivity contribution >= 4 is 17.5 Å². The third kappa shape index (κ3) is 3.40. The fourth-order valence-corrected chi connectivity index (χ4v) is 3.34. The van der Waals surface area contributed by atoms with Crippen LogP contribution < -0.4 is 0 Å². The van der Waals surface area contributed by atoms with Gasteiger partial charge in [0.25, 0.3) is 0 Å². The van der Waals surface area contributed by atoms with Crippen molar-refractivity contribution in [3.8, 4) is 11.4 Å². The minimum Gasteiger partial charge on any atom is -0.291 e. The van der Waals surface area contributed by atoms with Gasteiger partial charge in [0, 0.05) is 11.1 Å². The fraction of sp³-hybridized carbons (Fsp3) is 0.0556. The molecule has 0 bridgehead atoms. The van der Waals surface area contributed by atoms with Crippen LogP contribution >= 0.6 is 11.8 Å². The van der Waals surface area contributed by atoms with E-state index >= 15 is 0 Å². The van der Waals surface area contributed by atoms with E-state index in [9.17, 15) is 4.79 Å². The molecule has 0 fully saturated rings. The number of aromatic amines is 1. The van der Waals surface area contributed by atoms with E-state index in [1.807, 2.05) is 48.5 Å². The molecule has 0 radical (unpaired) electrons. The largest absolute Gasteiger partial charge is 0.291 e. The summed E-state index contributed by atoms with van der Waals surface area (Å²) >= 11 is 1.22. The van der Waals surface area contributed by atoms with E-state index in [4.69, 9.17) is 0 Å². The van der Waals surface area contributed by atoms with Crippen molar-refractivity contribution in [3.63, 3.8) is 0 Å². The first kappa shape index (κ1) is 16.2. The second-order valence-electron chi connectivity index (χ2n) is 5.41. The molecule has 8 heteroatoms. The first-order chi connectivity index (χ1) is 12.8. The number of hydrogen-bond donors (Lipinski definition) is 1. The second-order valence-corrected chi connectivity index (χ2v) is 6.46. The molecular formula is C18H14N6OS. The highest BCUT2D eigenvalue weighted by Crippen LogP contribution is 2.32. The SMILES string of the molecule is O=C(c1ccccc1)C(Sc1n[nH]c(-c2ccccc2)n1)n1cncn1. The Morgan fingerprint density at radius 1 is 1.04 bits per heavy atom. The zero-order valence-corrected chi connectivity index (χ0v) is 14.4. The number of nitrogens with one attached hydrogen (secondary N) is 1. The van der Waals surface area contributed by atoms with E-state index in [2.05, 4.69) is 25.3 Å². The van der Waals surface area contributed by atoms with Gasteiger partial charge in [-0.25, -0.2) is 14.6 Å². The van der Waals surface area contributed by atoms with Crippen LogP contribution in [0.25, 0.3) is 11.4 Å². The summed E-state index contributed by atoms with van der Waals surface area (Å²) in [7, 11) is 0. The maximum absolute atomic E-state index is 12.9. The maximum atomic E-state index is 12.9. The van der Waals surface area contributed by atoms with Crippen LogP contribution in [0, 0.1) is 0 Å². The highest BCUT2D eigenvalue weighted by molar-refractivity contribution is 7.99. The van der Waals surface area contributed by atoms with Gasteiger partial charge in [0.05, 0.1) is 0 Å². The second kappa shape index (κ2) is 7.32. The summed E-state index contributed by atoms with van der Waals surface area (Å²) in [6, 6.07) is 18.8. The number of ketones is 1. The zero-order chi connectivity index (χ0) is 17.8. The molecule has 4 rings (SSSR count). The van der Waals surface area contributed by atoms with Gasteiger partial charge in [-0.05, 0) is 11.8 Å². The Morgan fingerprint density at radius 3 is 2.46 bits per heavy atom. The minimum atomic E-state index is -0.640. The summed E-state index contributed by atoms with van der Waals surface area (Å²) in [6.45, 7) is 0. The minimum absolute atomic E-state index is 0.0906. The lowest BCUT2D eigenvalue weighted by atomic mass is 10.1. The maximum Gasteiger partial charge on any atom is 0.211 e. The average Bonchev–Trinajstić information content (AvgIpc) is 3.39. The molecule has 128 valence electrons. The lowest BCUT2D eigenvalue weighted by Crippen LogP contribution is -2.17. The molecule has 0 amide bonds. The number of aromatic nitrogens is 6. The summed E-state index contributed by atoms with van der Waals surface area (Å²) in [6.07, 6.45) is 2.92. The van der Waals surface area contributed by atoms with Crippen LogP contribution in [-0.4, -0.2) is 35.7 Å². The Labute approximate surface area is 153 Å². The molecule has 0 saturated heterocycles. The molecule has 1 unspecified atom stereocenters. The number of carbonyl (C=O) groups is 1. The monoisotopic (exact) mass is 362 g/mol. The van der Waals surface area contributed by atoms with E-state index in [1.54, 1.807) is 12.1 Å².